The molecule has 1 fully saturated rings. The van der Waals surface area contributed by atoms with Gasteiger partial charge in [0.1, 0.15) is 36.6 Å². The number of benzene rings is 1. The van der Waals surface area contributed by atoms with Crippen LogP contribution in [0.15, 0.2) is 42.2 Å². The smallest absolute Gasteiger partial charge is 0.338 e. The Balaban J connectivity index is 1.85. The van der Waals surface area contributed by atoms with E-state index in [9.17, 15) is 29.4 Å². The van der Waals surface area contributed by atoms with Crippen molar-refractivity contribution in [2.75, 3.05) is 19.8 Å². The third-order valence-electron chi connectivity index (χ3n) is 9.47. The van der Waals surface area contributed by atoms with Crippen molar-refractivity contribution in [1.29, 1.82) is 0 Å². The van der Waals surface area contributed by atoms with E-state index < -0.39 is 78.2 Å². The third kappa shape index (κ3) is 14.9. The van der Waals surface area contributed by atoms with Crippen LogP contribution in [0.3, 0.4) is 0 Å². The maximum absolute atomic E-state index is 13.9. The van der Waals surface area contributed by atoms with Gasteiger partial charge in [-0.1, -0.05) is 51.7 Å². The molecule has 3 rings (SSSR count). The van der Waals surface area contributed by atoms with Crippen LogP contribution < -0.4 is 10.6 Å². The number of ether oxygens (including phenoxy) is 5. The number of nitrogens with one attached hydrogen (secondary N) is 2. The Morgan fingerprint density at radius 3 is 2.32 bits per heavy atom. The summed E-state index contributed by atoms with van der Waals surface area (Å²) in [7, 11) is 0. The molecule has 1 aromatic rings. The van der Waals surface area contributed by atoms with Crippen LogP contribution >= 0.6 is 0 Å². The molecule has 2 aliphatic rings. The molecule has 0 radical (unpaired) electrons. The van der Waals surface area contributed by atoms with E-state index in [0.717, 1.165) is 38.5 Å². The molecule has 14 nitrogen and oxygen atoms in total. The van der Waals surface area contributed by atoms with E-state index in [1.807, 2.05) is 0 Å². The number of aliphatic hydroxyl groups is 3. The molecule has 6 atom stereocenters. The summed E-state index contributed by atoms with van der Waals surface area (Å²) in [6, 6.07) is 4.47. The second kappa shape index (κ2) is 22.8. The number of hydrogen-bond acceptors (Lipinski definition) is 12. The molecule has 0 saturated carbocycles. The number of carbonyl (C=O) groups is 4. The zero-order valence-corrected chi connectivity index (χ0v) is 33.9. The second-order valence-corrected chi connectivity index (χ2v) is 15.6. The molecular weight excluding hydrogens is 724 g/mol. The van der Waals surface area contributed by atoms with Crippen molar-refractivity contribution in [3.8, 4) is 0 Å². The molecule has 0 spiro atoms. The van der Waals surface area contributed by atoms with Crippen molar-refractivity contribution < 1.29 is 58.2 Å². The summed E-state index contributed by atoms with van der Waals surface area (Å²) in [5.41, 5.74) is 0.424. The van der Waals surface area contributed by atoms with Crippen molar-refractivity contribution in [3.05, 3.63) is 53.3 Å². The molecule has 1 aliphatic heterocycles. The van der Waals surface area contributed by atoms with Gasteiger partial charge in [0.2, 0.25) is 11.8 Å². The largest absolute Gasteiger partial charge is 0.499 e. The highest BCUT2D eigenvalue weighted by Crippen LogP contribution is 2.43. The van der Waals surface area contributed by atoms with Crippen LogP contribution in [0.4, 0.5) is 0 Å². The number of carbonyl (C=O) groups excluding carboxylic acids is 4. The fourth-order valence-electron chi connectivity index (χ4n) is 6.65. The summed E-state index contributed by atoms with van der Waals surface area (Å²) >= 11 is 0. The first-order chi connectivity index (χ1) is 26.6. The second-order valence-electron chi connectivity index (χ2n) is 15.6. The van der Waals surface area contributed by atoms with Crippen molar-refractivity contribution >= 4 is 29.8 Å². The van der Waals surface area contributed by atoms with Gasteiger partial charge in [0.25, 0.3) is 0 Å². The van der Waals surface area contributed by atoms with Gasteiger partial charge in [-0.25, -0.2) is 4.79 Å². The third-order valence-corrected chi connectivity index (χ3v) is 9.47. The summed E-state index contributed by atoms with van der Waals surface area (Å²) in [4.78, 5) is 53.2. The zero-order chi connectivity index (χ0) is 41.3. The molecule has 314 valence electrons. The molecule has 2 amide bonds. The van der Waals surface area contributed by atoms with Crippen molar-refractivity contribution in [2.45, 2.75) is 160 Å². The van der Waals surface area contributed by atoms with Crippen LogP contribution in [0, 0.1) is 0 Å². The van der Waals surface area contributed by atoms with Crippen LogP contribution in [0.25, 0.3) is 6.08 Å². The summed E-state index contributed by atoms with van der Waals surface area (Å²) in [5, 5.41) is 34.8. The van der Waals surface area contributed by atoms with Crippen LogP contribution in [-0.4, -0.2) is 107 Å². The van der Waals surface area contributed by atoms with Gasteiger partial charge in [-0.05, 0) is 76.8 Å². The lowest BCUT2D eigenvalue weighted by atomic mass is 9.91. The first-order valence-electron chi connectivity index (χ1n) is 20.0. The van der Waals surface area contributed by atoms with Gasteiger partial charge in [-0.15, -0.1) is 0 Å². The molecule has 1 saturated heterocycles. The fraction of sp³-hybridized carbons (Fsp3) is 0.667. The molecule has 14 heteroatoms. The first-order valence-corrected chi connectivity index (χ1v) is 20.0. The predicted molar refractivity (Wildman–Crippen MR) is 209 cm³/mol. The Labute approximate surface area is 331 Å². The van der Waals surface area contributed by atoms with Gasteiger partial charge < -0.3 is 49.6 Å². The summed E-state index contributed by atoms with van der Waals surface area (Å²) in [6.07, 6.45) is 7.93. The number of hydrogen-bond donors (Lipinski definition) is 5. The first kappa shape index (κ1) is 46.6. The van der Waals surface area contributed by atoms with Crippen molar-refractivity contribution in [3.63, 3.8) is 0 Å². The van der Waals surface area contributed by atoms with E-state index in [1.54, 1.807) is 57.2 Å². The van der Waals surface area contributed by atoms with Crippen molar-refractivity contribution in [1.82, 2.24) is 10.6 Å². The maximum atomic E-state index is 13.9. The lowest BCUT2D eigenvalue weighted by molar-refractivity contribution is -0.190. The molecule has 0 bridgehead atoms. The lowest BCUT2D eigenvalue weighted by Gasteiger charge is -2.32. The highest BCUT2D eigenvalue weighted by Gasteiger charge is 2.52. The average Bonchev–Trinajstić information content (AvgIpc) is 3.52. The zero-order valence-electron chi connectivity index (χ0n) is 33.9. The van der Waals surface area contributed by atoms with E-state index >= 15 is 0 Å². The molecule has 1 heterocycles. The molecule has 5 N–H and O–H groups in total. The predicted octanol–water partition coefficient (Wildman–Crippen LogP) is 4.63. The van der Waals surface area contributed by atoms with E-state index in [4.69, 9.17) is 28.8 Å². The van der Waals surface area contributed by atoms with Gasteiger partial charge >= 0.3 is 11.9 Å². The Morgan fingerprint density at radius 1 is 1.02 bits per heavy atom. The minimum absolute atomic E-state index is 0.0556. The Bertz CT molecular complexity index is 1480. The fourth-order valence-corrected chi connectivity index (χ4v) is 6.65. The lowest BCUT2D eigenvalue weighted by Crippen LogP contribution is -2.55. The van der Waals surface area contributed by atoms with Crippen LogP contribution in [-0.2, 0) is 38.1 Å². The van der Waals surface area contributed by atoms with Gasteiger partial charge in [0.05, 0.1) is 37.2 Å². The van der Waals surface area contributed by atoms with E-state index in [-0.39, 0.29) is 43.6 Å². The Morgan fingerprint density at radius 2 is 1.71 bits per heavy atom. The minimum Gasteiger partial charge on any atom is -0.499 e. The normalized spacial score (nSPS) is 20.7. The number of unbranched alkanes of at least 4 members (excludes halogenated alkanes) is 4. The molecule has 1 aliphatic carbocycles. The summed E-state index contributed by atoms with van der Waals surface area (Å²) < 4.78 is 30.0. The maximum Gasteiger partial charge on any atom is 0.338 e. The molecule has 0 aromatic heterocycles. The van der Waals surface area contributed by atoms with E-state index in [0.29, 0.717) is 18.4 Å². The SMILES string of the molecule is CCCCCC1(CCCCC)O[C@@H]2[C@@H](C=C(C(=O)N[C@@H](C(=O)N[C@H](CO)CCC(=O)OC(C)(C)C)[C@H](C)O)C[C@H]2OC(=O)c2cccc(C=COCCO)c2)O1. The molecule has 1 aromatic carbocycles. The Kier molecular flexibility index (Phi) is 19.0. The summed E-state index contributed by atoms with van der Waals surface area (Å²) in [6.45, 7) is 10.3. The number of amides is 2. The highest BCUT2D eigenvalue weighted by atomic mass is 16.8. The number of esters is 2. The van der Waals surface area contributed by atoms with Gasteiger partial charge in [0, 0.05) is 31.3 Å². The van der Waals surface area contributed by atoms with Crippen molar-refractivity contribution in [2.24, 2.45) is 0 Å². The van der Waals surface area contributed by atoms with E-state index in [2.05, 4.69) is 24.5 Å². The standard InChI is InChI=1S/C42H64N2O12/c1-7-9-11-19-42(20-12-10-8-2)54-34-26-31(25-33(37(34)56-42)53-40(51)30-15-13-14-29(24-30)18-22-52-23-21-45)38(49)44-36(28(3)47)39(50)43-32(27-46)16-17-35(48)55-41(4,5)6/h13-15,18,22,24,26,28,32-34,36-37,45-47H,7-12,16-17,19-21,23,25,27H2,1-6H3,(H,43,50)(H,44,49)/t28-,32-,33+,34+,36+,37-/m0/s1. The van der Waals surface area contributed by atoms with Crippen LogP contribution in [0.2, 0.25) is 0 Å². The van der Waals surface area contributed by atoms with Crippen LogP contribution in [0.5, 0.6) is 0 Å². The summed E-state index contributed by atoms with van der Waals surface area (Å²) in [5.74, 6) is -3.49. The van der Waals surface area contributed by atoms with Crippen LogP contribution in [0.1, 0.15) is 128 Å². The van der Waals surface area contributed by atoms with Gasteiger partial charge in [0.15, 0.2) is 5.79 Å². The average molecular weight is 789 g/mol. The van der Waals surface area contributed by atoms with Gasteiger partial charge in [-0.2, -0.15) is 0 Å². The number of aliphatic hydroxyl groups excluding tert-OH is 3. The highest BCUT2D eigenvalue weighted by molar-refractivity contribution is 5.97. The van der Waals surface area contributed by atoms with E-state index in [1.165, 1.54) is 13.2 Å². The molecule has 0 unspecified atom stereocenters. The monoisotopic (exact) mass is 788 g/mol. The molecular formula is C42H64N2O12. The van der Waals surface area contributed by atoms with Gasteiger partial charge in [-0.3, -0.25) is 14.4 Å². The number of rotatable bonds is 23. The number of fused-ring (bicyclic) bond motifs is 1. The topological polar surface area (TPSA) is 199 Å². The Hall–Kier alpha value is -3.82. The quantitative estimate of drug-likeness (QED) is 0.0587. The molecule has 56 heavy (non-hydrogen) atoms. The minimum atomic E-state index is -1.42.